The summed E-state index contributed by atoms with van der Waals surface area (Å²) in [7, 11) is 0. The molecule has 1 heteroatoms. The number of rotatable bonds is 5. The minimum atomic E-state index is 0.792. The van der Waals surface area contributed by atoms with E-state index in [-0.39, 0.29) is 0 Å². The molecule has 0 heterocycles. The van der Waals surface area contributed by atoms with Crippen LogP contribution in [0.25, 0.3) is 6.08 Å². The Morgan fingerprint density at radius 1 is 1.43 bits per heavy atom. The van der Waals surface area contributed by atoms with E-state index >= 15 is 0 Å². The predicted octanol–water partition coefficient (Wildman–Crippen LogP) is 3.82. The van der Waals surface area contributed by atoms with Crippen LogP contribution in [0, 0.1) is 6.92 Å². The summed E-state index contributed by atoms with van der Waals surface area (Å²) >= 11 is 0. The first kappa shape index (κ1) is 10.8. The van der Waals surface area contributed by atoms with Crippen LogP contribution in [0.5, 0.6) is 5.75 Å². The highest BCUT2D eigenvalue weighted by Crippen LogP contribution is 2.21. The molecule has 14 heavy (non-hydrogen) atoms. The molecule has 0 aliphatic rings. The average molecular weight is 190 g/mol. The lowest BCUT2D eigenvalue weighted by Crippen LogP contribution is -1.98. The lowest BCUT2D eigenvalue weighted by Gasteiger charge is -2.09. The summed E-state index contributed by atoms with van der Waals surface area (Å²) < 4.78 is 5.68. The highest BCUT2D eigenvalue weighted by atomic mass is 16.5. The zero-order chi connectivity index (χ0) is 10.4. The van der Waals surface area contributed by atoms with Crippen LogP contribution in [0.2, 0.25) is 0 Å². The van der Waals surface area contributed by atoms with Crippen LogP contribution >= 0.6 is 0 Å². The number of ether oxygens (including phenoxy) is 1. The molecule has 0 aliphatic carbocycles. The molecule has 0 fully saturated rings. The van der Waals surface area contributed by atoms with Gasteiger partial charge in [-0.05, 0) is 25.0 Å². The van der Waals surface area contributed by atoms with Crippen molar-refractivity contribution in [2.24, 2.45) is 0 Å². The molecule has 0 radical (unpaired) electrons. The molecule has 0 bridgehead atoms. The smallest absolute Gasteiger partial charge is 0.126 e. The maximum absolute atomic E-state index is 5.68. The number of hydrogen-bond donors (Lipinski definition) is 0. The molecule has 0 amide bonds. The summed E-state index contributed by atoms with van der Waals surface area (Å²) in [5.74, 6) is 0.952. The molecule has 1 rings (SSSR count). The maximum atomic E-state index is 5.68. The van der Waals surface area contributed by atoms with Gasteiger partial charge in [-0.25, -0.2) is 0 Å². The number of aryl methyl sites for hydroxylation is 1. The summed E-state index contributed by atoms with van der Waals surface area (Å²) in [4.78, 5) is 0. The largest absolute Gasteiger partial charge is 0.493 e. The van der Waals surface area contributed by atoms with Crippen molar-refractivity contribution in [1.82, 2.24) is 0 Å². The molecule has 0 N–H and O–H groups in total. The number of unbranched alkanes of at least 4 members (excludes halogenated alkanes) is 1. The van der Waals surface area contributed by atoms with Gasteiger partial charge in [0.15, 0.2) is 0 Å². The monoisotopic (exact) mass is 190 g/mol. The second-order valence-electron chi connectivity index (χ2n) is 3.45. The molecule has 76 valence electrons. The Balaban J connectivity index is 2.72. The molecule has 0 saturated carbocycles. The van der Waals surface area contributed by atoms with E-state index < -0.39 is 0 Å². The van der Waals surface area contributed by atoms with Gasteiger partial charge in [0.2, 0.25) is 0 Å². The fourth-order valence-electron chi connectivity index (χ4n) is 1.26. The van der Waals surface area contributed by atoms with Gasteiger partial charge >= 0.3 is 0 Å². The first-order valence-electron chi connectivity index (χ1n) is 5.13. The van der Waals surface area contributed by atoms with Gasteiger partial charge in [0.25, 0.3) is 0 Å². The molecule has 0 spiro atoms. The number of hydrogen-bond acceptors (Lipinski definition) is 1. The van der Waals surface area contributed by atoms with E-state index in [1.165, 1.54) is 5.56 Å². The van der Waals surface area contributed by atoms with Crippen LogP contribution in [0.15, 0.2) is 24.8 Å². The summed E-state index contributed by atoms with van der Waals surface area (Å²) in [6.45, 7) is 8.79. The third-order valence-electron chi connectivity index (χ3n) is 2.14. The molecule has 1 aromatic rings. The van der Waals surface area contributed by atoms with Crippen molar-refractivity contribution in [3.05, 3.63) is 35.9 Å². The summed E-state index contributed by atoms with van der Waals surface area (Å²) in [6, 6.07) is 6.18. The van der Waals surface area contributed by atoms with E-state index in [0.717, 1.165) is 30.8 Å². The van der Waals surface area contributed by atoms with Crippen LogP contribution in [0.1, 0.15) is 30.9 Å². The Hall–Kier alpha value is -1.24. The maximum Gasteiger partial charge on any atom is 0.126 e. The molecule has 0 unspecified atom stereocenters. The van der Waals surface area contributed by atoms with Gasteiger partial charge < -0.3 is 4.74 Å². The Kier molecular flexibility index (Phi) is 4.24. The van der Waals surface area contributed by atoms with E-state index in [4.69, 9.17) is 4.74 Å². The first-order chi connectivity index (χ1) is 6.77. The molecule has 0 aliphatic heterocycles. The zero-order valence-corrected chi connectivity index (χ0v) is 9.05. The van der Waals surface area contributed by atoms with Crippen molar-refractivity contribution < 1.29 is 4.74 Å². The molecule has 0 aromatic heterocycles. The van der Waals surface area contributed by atoms with Gasteiger partial charge in [-0.15, -0.1) is 0 Å². The third-order valence-corrected chi connectivity index (χ3v) is 2.14. The normalized spacial score (nSPS) is 9.86. The zero-order valence-electron chi connectivity index (χ0n) is 9.05. The molecule has 0 saturated heterocycles. The first-order valence-corrected chi connectivity index (χ1v) is 5.13. The van der Waals surface area contributed by atoms with Crippen molar-refractivity contribution >= 4 is 6.08 Å². The predicted molar refractivity (Wildman–Crippen MR) is 61.7 cm³/mol. The van der Waals surface area contributed by atoms with Gasteiger partial charge in [-0.2, -0.15) is 0 Å². The Labute approximate surface area is 86.4 Å². The van der Waals surface area contributed by atoms with Crippen molar-refractivity contribution in [3.63, 3.8) is 0 Å². The molecule has 1 aromatic carbocycles. The van der Waals surface area contributed by atoms with Crippen molar-refractivity contribution in [2.45, 2.75) is 26.7 Å². The van der Waals surface area contributed by atoms with E-state index in [2.05, 4.69) is 32.6 Å². The fourth-order valence-corrected chi connectivity index (χ4v) is 1.26. The van der Waals surface area contributed by atoms with Crippen LogP contribution in [-0.4, -0.2) is 6.61 Å². The number of benzene rings is 1. The van der Waals surface area contributed by atoms with E-state index in [9.17, 15) is 0 Å². The van der Waals surface area contributed by atoms with Gasteiger partial charge in [0.05, 0.1) is 6.61 Å². The lowest BCUT2D eigenvalue weighted by molar-refractivity contribution is 0.308. The molecule has 1 nitrogen and oxygen atoms in total. The SMILES string of the molecule is C=Cc1ccc(C)cc1OCCCC. The summed E-state index contributed by atoms with van der Waals surface area (Å²) in [5.41, 5.74) is 2.30. The van der Waals surface area contributed by atoms with Crippen molar-refractivity contribution in [1.29, 1.82) is 0 Å². The second kappa shape index (κ2) is 5.48. The van der Waals surface area contributed by atoms with Gasteiger partial charge in [-0.1, -0.05) is 38.1 Å². The molecule has 0 atom stereocenters. The lowest BCUT2D eigenvalue weighted by atomic mass is 10.1. The Morgan fingerprint density at radius 2 is 2.21 bits per heavy atom. The highest BCUT2D eigenvalue weighted by Gasteiger charge is 1.99. The van der Waals surface area contributed by atoms with E-state index in [1.54, 1.807) is 0 Å². The van der Waals surface area contributed by atoms with Crippen LogP contribution in [0.4, 0.5) is 0 Å². The van der Waals surface area contributed by atoms with Crippen molar-refractivity contribution in [2.75, 3.05) is 6.61 Å². The van der Waals surface area contributed by atoms with Crippen molar-refractivity contribution in [3.8, 4) is 5.75 Å². The van der Waals surface area contributed by atoms with Crippen LogP contribution < -0.4 is 4.74 Å². The highest BCUT2D eigenvalue weighted by molar-refractivity contribution is 5.56. The van der Waals surface area contributed by atoms with Crippen LogP contribution in [0.3, 0.4) is 0 Å². The molecular formula is C13H18O. The minimum absolute atomic E-state index is 0.792. The van der Waals surface area contributed by atoms with E-state index in [1.807, 2.05) is 12.1 Å². The van der Waals surface area contributed by atoms with E-state index in [0.29, 0.717) is 0 Å². The fraction of sp³-hybridized carbons (Fsp3) is 0.385. The van der Waals surface area contributed by atoms with Crippen LogP contribution in [-0.2, 0) is 0 Å². The minimum Gasteiger partial charge on any atom is -0.493 e. The standard InChI is InChI=1S/C13H18O/c1-4-6-9-14-13-10-11(3)7-8-12(13)5-2/h5,7-8,10H,2,4,6,9H2,1,3H3. The average Bonchev–Trinajstić information content (AvgIpc) is 2.19. The van der Waals surface area contributed by atoms with Gasteiger partial charge in [0.1, 0.15) is 5.75 Å². The topological polar surface area (TPSA) is 9.23 Å². The third kappa shape index (κ3) is 2.91. The summed E-state index contributed by atoms with van der Waals surface area (Å²) in [5, 5.41) is 0. The Bertz CT molecular complexity index is 302. The Morgan fingerprint density at radius 3 is 2.86 bits per heavy atom. The van der Waals surface area contributed by atoms with Gasteiger partial charge in [0, 0.05) is 5.56 Å². The quantitative estimate of drug-likeness (QED) is 0.641. The molecular weight excluding hydrogens is 172 g/mol. The summed E-state index contributed by atoms with van der Waals surface area (Å²) in [6.07, 6.45) is 4.10. The van der Waals surface area contributed by atoms with Gasteiger partial charge in [-0.3, -0.25) is 0 Å². The second-order valence-corrected chi connectivity index (χ2v) is 3.45.